The molecule has 0 spiro atoms. The highest BCUT2D eigenvalue weighted by Crippen LogP contribution is 2.29. The lowest BCUT2D eigenvalue weighted by molar-refractivity contribution is 0.598. The van der Waals surface area contributed by atoms with Crippen molar-refractivity contribution in [3.05, 3.63) is 23.8 Å². The fourth-order valence-electron chi connectivity index (χ4n) is 1.49. The Morgan fingerprint density at radius 3 is 2.81 bits per heavy atom. The first-order valence-corrected chi connectivity index (χ1v) is 7.52. The molecule has 0 aliphatic carbocycles. The Hall–Kier alpha value is -1.01. The number of anilines is 1. The van der Waals surface area contributed by atoms with Gasteiger partial charge in [0.1, 0.15) is 4.90 Å². The van der Waals surface area contributed by atoms with Crippen molar-refractivity contribution in [3.63, 3.8) is 0 Å². The number of nitrogens with zero attached hydrogens (tertiary/aromatic N) is 1. The van der Waals surface area contributed by atoms with Gasteiger partial charge < -0.3 is 5.32 Å². The zero-order valence-corrected chi connectivity index (χ0v) is 10.7. The minimum Gasteiger partial charge on any atom is -0.333 e. The first kappa shape index (κ1) is 11.5. The van der Waals surface area contributed by atoms with E-state index in [-0.39, 0.29) is 4.90 Å². The van der Waals surface area contributed by atoms with Crippen LogP contribution in [0.3, 0.4) is 0 Å². The third kappa shape index (κ3) is 1.94. The fraction of sp³-hybridized carbons (Fsp3) is 0.300. The maximum atomic E-state index is 11.9. The molecule has 4 nitrogen and oxygen atoms in total. The van der Waals surface area contributed by atoms with Crippen molar-refractivity contribution in [2.24, 2.45) is 4.40 Å². The van der Waals surface area contributed by atoms with Crippen LogP contribution in [0.4, 0.5) is 5.69 Å². The van der Waals surface area contributed by atoms with Gasteiger partial charge in [-0.05, 0) is 30.4 Å². The van der Waals surface area contributed by atoms with E-state index in [4.69, 9.17) is 0 Å². The third-order valence-electron chi connectivity index (χ3n) is 2.37. The largest absolute Gasteiger partial charge is 0.333 e. The Kier molecular flexibility index (Phi) is 2.94. The molecule has 0 amide bonds. The Morgan fingerprint density at radius 1 is 1.44 bits per heavy atom. The predicted molar refractivity (Wildman–Crippen MR) is 67.6 cm³/mol. The fourth-order valence-corrected chi connectivity index (χ4v) is 3.35. The lowest BCUT2D eigenvalue weighted by Crippen LogP contribution is -2.18. The first-order valence-electron chi connectivity index (χ1n) is 4.85. The number of thioether (sulfide) groups is 1. The van der Waals surface area contributed by atoms with Crippen LogP contribution in [0.25, 0.3) is 0 Å². The standard InChI is InChI=1S/C10H12N2O2S2/c1-3-7-4-5-8-9(6-7)16(13,14)12-10(11-8)15-2/h4-6H,3H2,1-2H3,(H,11,12). The highest BCUT2D eigenvalue weighted by atomic mass is 32.2. The van der Waals surface area contributed by atoms with Crippen LogP contribution in [0, 0.1) is 0 Å². The Labute approximate surface area is 99.2 Å². The number of rotatable bonds is 1. The maximum Gasteiger partial charge on any atom is 0.286 e. The molecule has 0 aromatic heterocycles. The summed E-state index contributed by atoms with van der Waals surface area (Å²) < 4.78 is 27.4. The SMILES string of the molecule is CCc1ccc2c(c1)S(=O)(=O)N=C(SC)N2. The smallest absolute Gasteiger partial charge is 0.286 e. The molecule has 0 atom stereocenters. The van der Waals surface area contributed by atoms with Crippen LogP contribution in [0.15, 0.2) is 27.5 Å². The van der Waals surface area contributed by atoms with Gasteiger partial charge in [0.2, 0.25) is 0 Å². The summed E-state index contributed by atoms with van der Waals surface area (Å²) in [5.74, 6) is 0. The van der Waals surface area contributed by atoms with Crippen LogP contribution in [0.1, 0.15) is 12.5 Å². The van der Waals surface area contributed by atoms with E-state index in [2.05, 4.69) is 9.71 Å². The van der Waals surface area contributed by atoms with Gasteiger partial charge in [0.05, 0.1) is 5.69 Å². The van der Waals surface area contributed by atoms with Crippen LogP contribution in [0.5, 0.6) is 0 Å². The summed E-state index contributed by atoms with van der Waals surface area (Å²) in [6.45, 7) is 1.99. The van der Waals surface area contributed by atoms with E-state index in [9.17, 15) is 8.42 Å². The van der Waals surface area contributed by atoms with Crippen LogP contribution in [-0.4, -0.2) is 19.8 Å². The molecule has 1 heterocycles. The van der Waals surface area contributed by atoms with E-state index in [1.54, 1.807) is 18.4 Å². The monoisotopic (exact) mass is 256 g/mol. The summed E-state index contributed by atoms with van der Waals surface area (Å²) in [6, 6.07) is 5.39. The molecule has 86 valence electrons. The van der Waals surface area contributed by atoms with Gasteiger partial charge in [-0.3, -0.25) is 0 Å². The number of hydrogen-bond acceptors (Lipinski definition) is 4. The number of sulfonamides is 1. The van der Waals surface area contributed by atoms with Gasteiger partial charge in [0, 0.05) is 0 Å². The molecule has 1 N–H and O–H groups in total. The molecular formula is C10H12N2O2S2. The molecule has 0 saturated carbocycles. The second kappa shape index (κ2) is 4.10. The summed E-state index contributed by atoms with van der Waals surface area (Å²) in [7, 11) is -3.53. The Morgan fingerprint density at radius 2 is 2.19 bits per heavy atom. The Bertz CT molecular complexity index is 550. The molecule has 0 fully saturated rings. The third-order valence-corrected chi connectivity index (χ3v) is 4.38. The predicted octanol–water partition coefficient (Wildman–Crippen LogP) is 2.08. The van der Waals surface area contributed by atoms with Crippen molar-refractivity contribution in [1.29, 1.82) is 0 Å². The topological polar surface area (TPSA) is 58.5 Å². The molecule has 1 aliphatic rings. The molecule has 1 aliphatic heterocycles. The summed E-state index contributed by atoms with van der Waals surface area (Å²) in [5, 5.41) is 3.40. The van der Waals surface area contributed by atoms with E-state index < -0.39 is 10.0 Å². The van der Waals surface area contributed by atoms with Crippen molar-refractivity contribution in [2.75, 3.05) is 11.6 Å². The van der Waals surface area contributed by atoms with Crippen molar-refractivity contribution in [1.82, 2.24) is 0 Å². The van der Waals surface area contributed by atoms with Gasteiger partial charge in [-0.2, -0.15) is 8.42 Å². The van der Waals surface area contributed by atoms with E-state index in [1.165, 1.54) is 11.8 Å². The van der Waals surface area contributed by atoms with Crippen molar-refractivity contribution in [2.45, 2.75) is 18.2 Å². The molecule has 16 heavy (non-hydrogen) atoms. The van der Waals surface area contributed by atoms with E-state index in [1.807, 2.05) is 13.0 Å². The quantitative estimate of drug-likeness (QED) is 0.835. The average Bonchev–Trinajstić information content (AvgIpc) is 2.27. The van der Waals surface area contributed by atoms with Crippen LogP contribution >= 0.6 is 11.8 Å². The van der Waals surface area contributed by atoms with Gasteiger partial charge in [-0.1, -0.05) is 24.8 Å². The lowest BCUT2D eigenvalue weighted by atomic mass is 10.1. The second-order valence-corrected chi connectivity index (χ2v) is 5.75. The van der Waals surface area contributed by atoms with Crippen LogP contribution in [-0.2, 0) is 16.4 Å². The van der Waals surface area contributed by atoms with Crippen molar-refractivity contribution >= 4 is 32.6 Å². The Balaban J connectivity index is 2.59. The van der Waals surface area contributed by atoms with Crippen LogP contribution < -0.4 is 5.32 Å². The van der Waals surface area contributed by atoms with Crippen molar-refractivity contribution < 1.29 is 8.42 Å². The summed E-state index contributed by atoms with van der Waals surface area (Å²) in [5.41, 5.74) is 1.60. The number of hydrogen-bond donors (Lipinski definition) is 1. The molecular weight excluding hydrogens is 244 g/mol. The van der Waals surface area contributed by atoms with Gasteiger partial charge in [-0.25, -0.2) is 0 Å². The zero-order chi connectivity index (χ0) is 11.8. The first-order chi connectivity index (χ1) is 7.56. The number of amidine groups is 1. The normalized spacial score (nSPS) is 17.2. The minimum absolute atomic E-state index is 0.268. The lowest BCUT2D eigenvalue weighted by Gasteiger charge is -2.17. The second-order valence-electron chi connectivity index (χ2n) is 3.38. The molecule has 1 aromatic carbocycles. The van der Waals surface area contributed by atoms with Gasteiger partial charge in [0.15, 0.2) is 5.17 Å². The van der Waals surface area contributed by atoms with Gasteiger partial charge in [0.25, 0.3) is 10.0 Å². The number of benzene rings is 1. The molecule has 2 rings (SSSR count). The highest BCUT2D eigenvalue weighted by Gasteiger charge is 2.24. The summed E-state index contributed by atoms with van der Waals surface area (Å²) >= 11 is 1.28. The molecule has 1 aromatic rings. The molecule has 0 bridgehead atoms. The zero-order valence-electron chi connectivity index (χ0n) is 9.02. The molecule has 6 heteroatoms. The molecule has 0 saturated heterocycles. The molecule has 0 unspecified atom stereocenters. The number of aryl methyl sites for hydroxylation is 1. The van der Waals surface area contributed by atoms with Gasteiger partial charge in [-0.15, -0.1) is 4.40 Å². The summed E-state index contributed by atoms with van der Waals surface area (Å²) in [6.07, 6.45) is 2.59. The van der Waals surface area contributed by atoms with Crippen molar-refractivity contribution in [3.8, 4) is 0 Å². The van der Waals surface area contributed by atoms with E-state index >= 15 is 0 Å². The van der Waals surface area contributed by atoms with Crippen LogP contribution in [0.2, 0.25) is 0 Å². The summed E-state index contributed by atoms with van der Waals surface area (Å²) in [4.78, 5) is 0.268. The maximum absolute atomic E-state index is 11.9. The number of fused-ring (bicyclic) bond motifs is 1. The van der Waals surface area contributed by atoms with E-state index in [0.29, 0.717) is 10.9 Å². The molecule has 0 radical (unpaired) electrons. The average molecular weight is 256 g/mol. The van der Waals surface area contributed by atoms with Gasteiger partial charge >= 0.3 is 0 Å². The number of nitrogens with one attached hydrogen (secondary N) is 1. The van der Waals surface area contributed by atoms with E-state index in [0.717, 1.165) is 12.0 Å². The minimum atomic E-state index is -3.53. The highest BCUT2D eigenvalue weighted by molar-refractivity contribution is 8.14.